The van der Waals surface area contributed by atoms with E-state index in [2.05, 4.69) is 5.32 Å². The minimum Gasteiger partial charge on any atom is -0.399 e. The van der Waals surface area contributed by atoms with E-state index in [1.54, 1.807) is 32.2 Å². The Bertz CT molecular complexity index is 635. The van der Waals surface area contributed by atoms with Gasteiger partial charge in [-0.25, -0.2) is 8.42 Å². The number of rotatable bonds is 3. The Hall–Kier alpha value is -1.60. The molecule has 21 heavy (non-hydrogen) atoms. The average Bonchev–Trinajstić information content (AvgIpc) is 2.46. The van der Waals surface area contributed by atoms with Crippen LogP contribution in [-0.4, -0.2) is 38.8 Å². The molecule has 1 aromatic carbocycles. The van der Waals surface area contributed by atoms with Gasteiger partial charge in [0.05, 0.1) is 4.90 Å². The van der Waals surface area contributed by atoms with Gasteiger partial charge in [-0.05, 0) is 43.5 Å². The smallest absolute Gasteiger partial charge is 0.243 e. The number of anilines is 1. The summed E-state index contributed by atoms with van der Waals surface area (Å²) in [6.45, 7) is 2.47. The number of aryl methyl sites for hydroxylation is 1. The molecule has 2 rings (SSSR count). The number of hydrogen-bond donors (Lipinski definition) is 2. The first-order valence-corrected chi connectivity index (χ1v) is 8.38. The predicted molar refractivity (Wildman–Crippen MR) is 81.1 cm³/mol. The van der Waals surface area contributed by atoms with Gasteiger partial charge in [-0.3, -0.25) is 4.79 Å². The zero-order chi connectivity index (χ0) is 15.6. The Morgan fingerprint density at radius 1 is 1.33 bits per heavy atom. The summed E-state index contributed by atoms with van der Waals surface area (Å²) in [5.41, 5.74) is 6.85. The van der Waals surface area contributed by atoms with Gasteiger partial charge in [-0.15, -0.1) is 0 Å². The Morgan fingerprint density at radius 3 is 2.48 bits per heavy atom. The third-order valence-electron chi connectivity index (χ3n) is 3.89. The molecule has 7 heteroatoms. The van der Waals surface area contributed by atoms with Gasteiger partial charge in [-0.2, -0.15) is 4.31 Å². The van der Waals surface area contributed by atoms with Gasteiger partial charge < -0.3 is 11.1 Å². The molecular weight excluding hydrogens is 290 g/mol. The molecule has 1 aromatic rings. The van der Waals surface area contributed by atoms with Crippen molar-refractivity contribution in [1.29, 1.82) is 0 Å². The van der Waals surface area contributed by atoms with Crippen LogP contribution < -0.4 is 11.1 Å². The second-order valence-corrected chi connectivity index (χ2v) is 7.22. The lowest BCUT2D eigenvalue weighted by Crippen LogP contribution is -2.42. The second-order valence-electron chi connectivity index (χ2n) is 5.32. The highest BCUT2D eigenvalue weighted by Crippen LogP contribution is 2.26. The van der Waals surface area contributed by atoms with E-state index in [9.17, 15) is 13.2 Å². The van der Waals surface area contributed by atoms with Crippen molar-refractivity contribution in [2.24, 2.45) is 5.92 Å². The molecule has 0 bridgehead atoms. The van der Waals surface area contributed by atoms with Crippen LogP contribution in [0.4, 0.5) is 5.69 Å². The number of piperidine rings is 1. The molecule has 1 fully saturated rings. The highest BCUT2D eigenvalue weighted by molar-refractivity contribution is 7.89. The van der Waals surface area contributed by atoms with Gasteiger partial charge in [0.1, 0.15) is 0 Å². The first kappa shape index (κ1) is 15.8. The molecule has 0 spiro atoms. The van der Waals surface area contributed by atoms with E-state index in [0.717, 1.165) is 0 Å². The molecule has 1 amide bonds. The average molecular weight is 311 g/mol. The molecule has 0 aromatic heterocycles. The molecule has 1 aliphatic rings. The van der Waals surface area contributed by atoms with Gasteiger partial charge in [0, 0.05) is 31.7 Å². The summed E-state index contributed by atoms with van der Waals surface area (Å²) in [6, 6.07) is 4.80. The quantitative estimate of drug-likeness (QED) is 0.805. The van der Waals surface area contributed by atoms with Crippen molar-refractivity contribution in [2.75, 3.05) is 25.9 Å². The van der Waals surface area contributed by atoms with Gasteiger partial charge in [-0.1, -0.05) is 0 Å². The molecule has 3 N–H and O–H groups in total. The lowest BCUT2D eigenvalue weighted by Gasteiger charge is -2.30. The van der Waals surface area contributed by atoms with E-state index < -0.39 is 10.0 Å². The lowest BCUT2D eigenvalue weighted by molar-refractivity contribution is -0.125. The standard InChI is InChI=1S/C14H21N3O3S/c1-10-9-12(15)3-4-13(10)21(19,20)17-7-5-11(6-8-17)14(18)16-2/h3-4,9,11H,5-8,15H2,1-2H3,(H,16,18). The van der Waals surface area contributed by atoms with Crippen molar-refractivity contribution in [1.82, 2.24) is 9.62 Å². The van der Waals surface area contributed by atoms with Gasteiger partial charge in [0.2, 0.25) is 15.9 Å². The molecule has 116 valence electrons. The van der Waals surface area contributed by atoms with Crippen LogP contribution in [0.1, 0.15) is 18.4 Å². The van der Waals surface area contributed by atoms with Crippen molar-refractivity contribution in [3.8, 4) is 0 Å². The molecule has 0 saturated carbocycles. The summed E-state index contributed by atoms with van der Waals surface area (Å²) < 4.78 is 26.7. The van der Waals surface area contributed by atoms with Crippen LogP contribution in [0.15, 0.2) is 23.1 Å². The van der Waals surface area contributed by atoms with Crippen LogP contribution in [0.5, 0.6) is 0 Å². The summed E-state index contributed by atoms with van der Waals surface area (Å²) >= 11 is 0. The predicted octanol–water partition coefficient (Wildman–Crippen LogP) is 0.724. The number of nitrogens with two attached hydrogens (primary N) is 1. The number of nitrogens with one attached hydrogen (secondary N) is 1. The molecule has 1 heterocycles. The fraction of sp³-hybridized carbons (Fsp3) is 0.500. The molecule has 1 saturated heterocycles. The van der Waals surface area contributed by atoms with Crippen LogP contribution in [0, 0.1) is 12.8 Å². The second kappa shape index (κ2) is 6.03. The van der Waals surface area contributed by atoms with Crippen molar-refractivity contribution >= 4 is 21.6 Å². The fourth-order valence-electron chi connectivity index (χ4n) is 2.66. The number of carbonyl (C=O) groups is 1. The minimum absolute atomic E-state index is 0.0179. The van der Waals surface area contributed by atoms with Crippen molar-refractivity contribution in [3.63, 3.8) is 0 Å². The summed E-state index contributed by atoms with van der Waals surface area (Å²) in [6.07, 6.45) is 1.10. The number of benzene rings is 1. The van der Waals surface area contributed by atoms with Crippen LogP contribution in [0.25, 0.3) is 0 Å². The van der Waals surface area contributed by atoms with Crippen LogP contribution >= 0.6 is 0 Å². The normalized spacial score (nSPS) is 17.6. The summed E-state index contributed by atoms with van der Waals surface area (Å²) in [7, 11) is -1.92. The minimum atomic E-state index is -3.52. The zero-order valence-corrected chi connectivity index (χ0v) is 13.1. The third kappa shape index (κ3) is 3.19. The molecule has 0 unspecified atom stereocenters. The topological polar surface area (TPSA) is 92.5 Å². The maximum atomic E-state index is 12.6. The highest BCUT2D eigenvalue weighted by Gasteiger charge is 2.32. The maximum Gasteiger partial charge on any atom is 0.243 e. The molecule has 1 aliphatic heterocycles. The van der Waals surface area contributed by atoms with E-state index >= 15 is 0 Å². The summed E-state index contributed by atoms with van der Waals surface area (Å²) in [5.74, 6) is -0.121. The number of nitrogens with zero attached hydrogens (tertiary/aromatic N) is 1. The van der Waals surface area contributed by atoms with Crippen LogP contribution in [-0.2, 0) is 14.8 Å². The number of nitrogen functional groups attached to an aromatic ring is 1. The number of sulfonamides is 1. The Labute approximate surface area is 125 Å². The van der Waals surface area contributed by atoms with E-state index in [4.69, 9.17) is 5.73 Å². The van der Waals surface area contributed by atoms with Crippen LogP contribution in [0.3, 0.4) is 0 Å². The molecule has 0 radical (unpaired) electrons. The van der Waals surface area contributed by atoms with E-state index in [1.165, 1.54) is 4.31 Å². The first-order chi connectivity index (χ1) is 9.86. The van der Waals surface area contributed by atoms with Crippen molar-refractivity contribution < 1.29 is 13.2 Å². The molecule has 0 atom stereocenters. The van der Waals surface area contributed by atoms with Crippen molar-refractivity contribution in [3.05, 3.63) is 23.8 Å². The van der Waals surface area contributed by atoms with E-state index in [1.807, 2.05) is 0 Å². The zero-order valence-electron chi connectivity index (χ0n) is 12.3. The third-order valence-corrected chi connectivity index (χ3v) is 5.95. The first-order valence-electron chi connectivity index (χ1n) is 6.94. The maximum absolute atomic E-state index is 12.6. The lowest BCUT2D eigenvalue weighted by atomic mass is 9.97. The molecule has 0 aliphatic carbocycles. The van der Waals surface area contributed by atoms with Gasteiger partial charge in [0.15, 0.2) is 0 Å². The Kier molecular flexibility index (Phi) is 4.53. The van der Waals surface area contributed by atoms with Gasteiger partial charge >= 0.3 is 0 Å². The number of carbonyl (C=O) groups excluding carboxylic acids is 1. The van der Waals surface area contributed by atoms with Gasteiger partial charge in [0.25, 0.3) is 0 Å². The van der Waals surface area contributed by atoms with E-state index in [-0.39, 0.29) is 16.7 Å². The summed E-state index contributed by atoms with van der Waals surface area (Å²) in [4.78, 5) is 11.9. The van der Waals surface area contributed by atoms with E-state index in [0.29, 0.717) is 37.2 Å². The Balaban J connectivity index is 2.17. The van der Waals surface area contributed by atoms with Crippen LogP contribution in [0.2, 0.25) is 0 Å². The largest absolute Gasteiger partial charge is 0.399 e. The number of amides is 1. The number of hydrogen-bond acceptors (Lipinski definition) is 4. The monoisotopic (exact) mass is 311 g/mol. The molecule has 6 nitrogen and oxygen atoms in total. The Morgan fingerprint density at radius 2 is 1.95 bits per heavy atom. The summed E-state index contributed by atoms with van der Waals surface area (Å²) in [5, 5.41) is 2.61. The SMILES string of the molecule is CNC(=O)C1CCN(S(=O)(=O)c2ccc(N)cc2C)CC1. The van der Waals surface area contributed by atoms with Crippen molar-refractivity contribution in [2.45, 2.75) is 24.7 Å². The fourth-order valence-corrected chi connectivity index (χ4v) is 4.34. The molecular formula is C14H21N3O3S. The highest BCUT2D eigenvalue weighted by atomic mass is 32.2.